The molecule has 1 heterocycles. The fourth-order valence-electron chi connectivity index (χ4n) is 1.46. The maximum absolute atomic E-state index is 11.4. The Morgan fingerprint density at radius 1 is 1.44 bits per heavy atom. The Morgan fingerprint density at radius 3 is 2.62 bits per heavy atom. The summed E-state index contributed by atoms with van der Waals surface area (Å²) < 4.78 is 31.6. The van der Waals surface area contributed by atoms with Crippen LogP contribution in [0.3, 0.4) is 0 Å². The van der Waals surface area contributed by atoms with Gasteiger partial charge in [0.2, 0.25) is 0 Å². The molecule has 1 rings (SSSR count). The van der Waals surface area contributed by atoms with Gasteiger partial charge in [0.25, 0.3) is 0 Å². The predicted octanol–water partition coefficient (Wildman–Crippen LogP) is -0.681. The van der Waals surface area contributed by atoms with E-state index < -0.39 is 16.3 Å². The molecule has 1 fully saturated rings. The fraction of sp³-hybridized carbons (Fsp3) is 0.875. The second-order valence-corrected chi connectivity index (χ2v) is 4.91. The van der Waals surface area contributed by atoms with E-state index in [9.17, 15) is 13.2 Å². The van der Waals surface area contributed by atoms with Crippen LogP contribution in [0.15, 0.2) is 0 Å². The third-order valence-electron chi connectivity index (χ3n) is 2.15. The second-order valence-electron chi connectivity index (χ2n) is 3.47. The van der Waals surface area contributed by atoms with E-state index in [1.807, 2.05) is 0 Å². The maximum Gasteiger partial charge on any atom is 0.421 e. The molecule has 8 heteroatoms. The fourth-order valence-corrected chi connectivity index (χ4v) is 2.47. The number of nitrogens with one attached hydrogen (secondary N) is 3. The Morgan fingerprint density at radius 2 is 2.06 bits per heavy atom. The number of rotatable bonds is 4. The molecule has 0 radical (unpaired) electrons. The third kappa shape index (κ3) is 4.77. The smallest absolute Gasteiger partial charge is 0.421 e. The third-order valence-corrected chi connectivity index (χ3v) is 3.23. The minimum absolute atomic E-state index is 0.131. The summed E-state index contributed by atoms with van der Waals surface area (Å²) in [6.45, 7) is 3.28. The molecule has 0 spiro atoms. The summed E-state index contributed by atoms with van der Waals surface area (Å²) in [6.07, 6.45) is 0.469. The first kappa shape index (κ1) is 13.2. The highest BCUT2D eigenvalue weighted by Crippen LogP contribution is 2.02. The van der Waals surface area contributed by atoms with Gasteiger partial charge in [0, 0.05) is 6.04 Å². The molecule has 1 amide bonds. The van der Waals surface area contributed by atoms with Gasteiger partial charge in [-0.1, -0.05) is 0 Å². The maximum atomic E-state index is 11.4. The standard InChI is InChI=1S/C8H17N3O4S/c1-2-15-8(12)11-16(13,14)10-7-3-5-9-6-4-7/h7,9-10H,2-6H2,1H3,(H,11,12). The molecule has 0 saturated carbocycles. The van der Waals surface area contributed by atoms with E-state index in [1.165, 1.54) is 0 Å². The predicted molar refractivity (Wildman–Crippen MR) is 58.1 cm³/mol. The first-order valence-electron chi connectivity index (χ1n) is 5.21. The van der Waals surface area contributed by atoms with Crippen molar-refractivity contribution in [1.29, 1.82) is 0 Å². The Labute approximate surface area is 95.1 Å². The van der Waals surface area contributed by atoms with E-state index in [4.69, 9.17) is 0 Å². The van der Waals surface area contributed by atoms with Crippen molar-refractivity contribution in [1.82, 2.24) is 14.8 Å². The zero-order valence-electron chi connectivity index (χ0n) is 9.15. The molecular formula is C8H17N3O4S. The van der Waals surface area contributed by atoms with Crippen LogP contribution in [0.1, 0.15) is 19.8 Å². The number of carbonyl (C=O) groups is 1. The first-order valence-corrected chi connectivity index (χ1v) is 6.69. The van der Waals surface area contributed by atoms with Crippen molar-refractivity contribution in [2.24, 2.45) is 0 Å². The molecule has 16 heavy (non-hydrogen) atoms. The van der Waals surface area contributed by atoms with Gasteiger partial charge < -0.3 is 10.1 Å². The van der Waals surface area contributed by atoms with Crippen molar-refractivity contribution in [3.63, 3.8) is 0 Å². The lowest BCUT2D eigenvalue weighted by Gasteiger charge is -2.23. The van der Waals surface area contributed by atoms with Gasteiger partial charge in [0.15, 0.2) is 0 Å². The summed E-state index contributed by atoms with van der Waals surface area (Å²) >= 11 is 0. The van der Waals surface area contributed by atoms with Gasteiger partial charge in [0.05, 0.1) is 6.61 Å². The molecule has 1 aliphatic rings. The van der Waals surface area contributed by atoms with Gasteiger partial charge in [-0.15, -0.1) is 0 Å². The summed E-state index contributed by atoms with van der Waals surface area (Å²) in [7, 11) is -3.80. The molecule has 0 bridgehead atoms. The number of amides is 1. The largest absolute Gasteiger partial charge is 0.449 e. The quantitative estimate of drug-likeness (QED) is 0.615. The van der Waals surface area contributed by atoms with E-state index in [0.717, 1.165) is 13.1 Å². The zero-order chi connectivity index (χ0) is 12.0. The minimum Gasteiger partial charge on any atom is -0.449 e. The van der Waals surface area contributed by atoms with Gasteiger partial charge in [-0.05, 0) is 32.9 Å². The Bertz CT molecular complexity index is 324. The van der Waals surface area contributed by atoms with Gasteiger partial charge in [-0.3, -0.25) is 0 Å². The highest BCUT2D eigenvalue weighted by Gasteiger charge is 2.21. The van der Waals surface area contributed by atoms with Crippen molar-refractivity contribution in [3.05, 3.63) is 0 Å². The van der Waals surface area contributed by atoms with Crippen LogP contribution in [0.25, 0.3) is 0 Å². The number of carbonyl (C=O) groups excluding carboxylic acids is 1. The van der Waals surface area contributed by atoms with Crippen LogP contribution in [0.5, 0.6) is 0 Å². The summed E-state index contributed by atoms with van der Waals surface area (Å²) in [5.74, 6) is 0. The Kier molecular flexibility index (Phi) is 4.97. The van der Waals surface area contributed by atoms with Crippen molar-refractivity contribution in [2.45, 2.75) is 25.8 Å². The SMILES string of the molecule is CCOC(=O)NS(=O)(=O)NC1CCNCC1. The van der Waals surface area contributed by atoms with Crippen molar-refractivity contribution >= 4 is 16.3 Å². The highest BCUT2D eigenvalue weighted by molar-refractivity contribution is 7.88. The Balaban J connectivity index is 2.41. The van der Waals surface area contributed by atoms with Crippen molar-refractivity contribution in [2.75, 3.05) is 19.7 Å². The topological polar surface area (TPSA) is 96.5 Å². The molecule has 1 aliphatic heterocycles. The lowest BCUT2D eigenvalue weighted by atomic mass is 10.1. The second kappa shape index (κ2) is 6.02. The molecule has 1 saturated heterocycles. The molecular weight excluding hydrogens is 234 g/mol. The minimum atomic E-state index is -3.80. The van der Waals surface area contributed by atoms with Crippen LogP contribution in [0.2, 0.25) is 0 Å². The molecule has 7 nitrogen and oxygen atoms in total. The lowest BCUT2D eigenvalue weighted by molar-refractivity contribution is 0.158. The zero-order valence-corrected chi connectivity index (χ0v) is 9.97. The van der Waals surface area contributed by atoms with Crippen LogP contribution >= 0.6 is 0 Å². The normalized spacial score (nSPS) is 18.1. The van der Waals surface area contributed by atoms with Gasteiger partial charge in [-0.2, -0.15) is 13.1 Å². The Hall–Kier alpha value is -0.860. The van der Waals surface area contributed by atoms with Crippen LogP contribution in [-0.4, -0.2) is 40.2 Å². The van der Waals surface area contributed by atoms with Crippen LogP contribution < -0.4 is 14.8 Å². The number of hydrogen-bond acceptors (Lipinski definition) is 5. The number of piperidine rings is 1. The number of ether oxygens (including phenoxy) is 1. The van der Waals surface area contributed by atoms with Gasteiger partial charge in [0.1, 0.15) is 0 Å². The molecule has 0 aromatic rings. The van der Waals surface area contributed by atoms with Gasteiger partial charge >= 0.3 is 16.3 Å². The van der Waals surface area contributed by atoms with E-state index >= 15 is 0 Å². The molecule has 0 atom stereocenters. The monoisotopic (exact) mass is 251 g/mol. The van der Waals surface area contributed by atoms with Crippen molar-refractivity contribution in [3.8, 4) is 0 Å². The number of hydrogen-bond donors (Lipinski definition) is 3. The van der Waals surface area contributed by atoms with Gasteiger partial charge in [-0.25, -0.2) is 9.52 Å². The lowest BCUT2D eigenvalue weighted by Crippen LogP contribution is -2.48. The first-order chi connectivity index (χ1) is 7.53. The molecule has 0 aliphatic carbocycles. The summed E-state index contributed by atoms with van der Waals surface area (Å²) in [6, 6.07) is -0.131. The highest BCUT2D eigenvalue weighted by atomic mass is 32.2. The molecule has 3 N–H and O–H groups in total. The molecule has 0 aromatic carbocycles. The van der Waals surface area contributed by atoms with Crippen LogP contribution in [0.4, 0.5) is 4.79 Å². The summed E-state index contributed by atoms with van der Waals surface area (Å²) in [5.41, 5.74) is 0. The van der Waals surface area contributed by atoms with Crippen LogP contribution in [-0.2, 0) is 14.9 Å². The summed E-state index contributed by atoms with van der Waals surface area (Å²) in [5, 5.41) is 3.11. The average Bonchev–Trinajstić information content (AvgIpc) is 2.17. The average molecular weight is 251 g/mol. The molecule has 0 aromatic heterocycles. The van der Waals surface area contributed by atoms with E-state index in [0.29, 0.717) is 12.8 Å². The summed E-state index contributed by atoms with van der Waals surface area (Å²) in [4.78, 5) is 10.9. The van der Waals surface area contributed by atoms with Crippen LogP contribution in [0, 0.1) is 0 Å². The molecule has 94 valence electrons. The van der Waals surface area contributed by atoms with Crippen molar-refractivity contribution < 1.29 is 17.9 Å². The molecule has 0 unspecified atom stereocenters. The van der Waals surface area contributed by atoms with E-state index in [1.54, 1.807) is 11.6 Å². The van der Waals surface area contributed by atoms with E-state index in [-0.39, 0.29) is 12.6 Å². The van der Waals surface area contributed by atoms with E-state index in [2.05, 4.69) is 14.8 Å².